The highest BCUT2D eigenvalue weighted by atomic mass is 16.3. The van der Waals surface area contributed by atoms with Gasteiger partial charge in [0.2, 0.25) is 0 Å². The maximum Gasteiger partial charge on any atom is 0.182 e. The van der Waals surface area contributed by atoms with Crippen LogP contribution in [0.4, 0.5) is 0 Å². The van der Waals surface area contributed by atoms with E-state index in [1.807, 2.05) is 0 Å². The fourth-order valence-electron chi connectivity index (χ4n) is 2.25. The first-order valence-corrected chi connectivity index (χ1v) is 6.11. The molecule has 98 valence electrons. The van der Waals surface area contributed by atoms with Crippen molar-refractivity contribution in [3.8, 4) is 0 Å². The molecule has 2 aromatic rings. The number of hydrogen-bond donors (Lipinski definition) is 0. The summed E-state index contributed by atoms with van der Waals surface area (Å²) in [6, 6.07) is 9.85. The van der Waals surface area contributed by atoms with E-state index >= 15 is 0 Å². The summed E-state index contributed by atoms with van der Waals surface area (Å²) >= 11 is 0. The molecule has 1 aromatic heterocycles. The maximum atomic E-state index is 12.1. The quantitative estimate of drug-likeness (QED) is 0.632. The van der Waals surface area contributed by atoms with Gasteiger partial charge in [-0.05, 0) is 24.3 Å². The molecule has 1 aromatic carbocycles. The van der Waals surface area contributed by atoms with Crippen LogP contribution >= 0.6 is 0 Å². The van der Waals surface area contributed by atoms with Crippen molar-refractivity contribution in [3.63, 3.8) is 0 Å². The molecule has 4 heteroatoms. The highest BCUT2D eigenvalue weighted by Crippen LogP contribution is 2.27. The molecule has 0 aliphatic heterocycles. The molecule has 3 rings (SSSR count). The standard InChI is InChI=1S/C16H10O4/c17-13(8-7-10-4-3-9-20-10)14-15(18)11-5-1-2-6-12(11)16(14)19/h1-9,14H. The van der Waals surface area contributed by atoms with Crippen LogP contribution in [-0.2, 0) is 4.79 Å². The molecule has 20 heavy (non-hydrogen) atoms. The average Bonchev–Trinajstić information content (AvgIpc) is 3.05. The molecule has 0 unspecified atom stereocenters. The van der Waals surface area contributed by atoms with Gasteiger partial charge < -0.3 is 4.42 Å². The molecule has 0 fully saturated rings. The Hall–Kier alpha value is -2.75. The number of fused-ring (bicyclic) bond motifs is 1. The van der Waals surface area contributed by atoms with Crippen molar-refractivity contribution < 1.29 is 18.8 Å². The molecule has 0 radical (unpaired) electrons. The van der Waals surface area contributed by atoms with Crippen molar-refractivity contribution in [1.82, 2.24) is 0 Å². The molecule has 4 nitrogen and oxygen atoms in total. The topological polar surface area (TPSA) is 64.3 Å². The molecular weight excluding hydrogens is 256 g/mol. The van der Waals surface area contributed by atoms with Crippen LogP contribution in [-0.4, -0.2) is 17.3 Å². The van der Waals surface area contributed by atoms with Gasteiger partial charge in [-0.15, -0.1) is 0 Å². The van der Waals surface area contributed by atoms with E-state index in [2.05, 4.69) is 0 Å². The van der Waals surface area contributed by atoms with Gasteiger partial charge in [-0.3, -0.25) is 14.4 Å². The second-order valence-electron chi connectivity index (χ2n) is 4.46. The zero-order valence-electron chi connectivity index (χ0n) is 10.4. The number of Topliss-reactive ketones (excluding diaryl/α,β-unsaturated/α-hetero) is 2. The Labute approximate surface area is 114 Å². The number of rotatable bonds is 3. The first kappa shape index (κ1) is 12.3. The lowest BCUT2D eigenvalue weighted by Gasteiger charge is -2.00. The molecule has 0 spiro atoms. The summed E-state index contributed by atoms with van der Waals surface area (Å²) in [6.07, 6.45) is 4.14. The van der Waals surface area contributed by atoms with E-state index in [1.165, 1.54) is 18.4 Å². The van der Waals surface area contributed by atoms with Gasteiger partial charge in [0.15, 0.2) is 17.3 Å². The number of allylic oxidation sites excluding steroid dienone is 1. The lowest BCUT2D eigenvalue weighted by molar-refractivity contribution is -0.115. The van der Waals surface area contributed by atoms with Gasteiger partial charge in [0.05, 0.1) is 6.26 Å². The minimum atomic E-state index is -1.25. The van der Waals surface area contributed by atoms with Gasteiger partial charge in [-0.2, -0.15) is 0 Å². The van der Waals surface area contributed by atoms with E-state index in [1.54, 1.807) is 36.4 Å². The SMILES string of the molecule is O=C(C=Cc1ccco1)C1C(=O)c2ccccc2C1=O. The molecular formula is C16H10O4. The van der Waals surface area contributed by atoms with Crippen molar-refractivity contribution in [3.05, 3.63) is 65.6 Å². The summed E-state index contributed by atoms with van der Waals surface area (Å²) in [5, 5.41) is 0. The first-order valence-electron chi connectivity index (χ1n) is 6.11. The highest BCUT2D eigenvalue weighted by molar-refractivity contribution is 6.37. The van der Waals surface area contributed by atoms with Crippen molar-refractivity contribution in [2.45, 2.75) is 0 Å². The summed E-state index contributed by atoms with van der Waals surface area (Å²) in [4.78, 5) is 36.3. The molecule has 1 heterocycles. The minimum Gasteiger partial charge on any atom is -0.465 e. The summed E-state index contributed by atoms with van der Waals surface area (Å²) in [5.41, 5.74) is 0.643. The van der Waals surface area contributed by atoms with E-state index in [0.29, 0.717) is 16.9 Å². The predicted molar refractivity (Wildman–Crippen MR) is 71.3 cm³/mol. The molecule has 0 atom stereocenters. The molecule has 1 aliphatic rings. The lowest BCUT2D eigenvalue weighted by Crippen LogP contribution is -2.23. The number of carbonyl (C=O) groups excluding carboxylic acids is 3. The van der Waals surface area contributed by atoms with Crippen LogP contribution < -0.4 is 0 Å². The zero-order valence-corrected chi connectivity index (χ0v) is 10.4. The Morgan fingerprint density at radius 1 is 1.00 bits per heavy atom. The second kappa shape index (κ2) is 4.74. The van der Waals surface area contributed by atoms with Crippen molar-refractivity contribution in [2.75, 3.05) is 0 Å². The number of hydrogen-bond acceptors (Lipinski definition) is 4. The summed E-state index contributed by atoms with van der Waals surface area (Å²) < 4.78 is 5.05. The third kappa shape index (κ3) is 1.91. The fraction of sp³-hybridized carbons (Fsp3) is 0.0625. The molecule has 1 aliphatic carbocycles. The van der Waals surface area contributed by atoms with Gasteiger partial charge in [0.25, 0.3) is 0 Å². The van der Waals surface area contributed by atoms with Crippen LogP contribution in [0.2, 0.25) is 0 Å². The van der Waals surface area contributed by atoms with Crippen LogP contribution in [0.1, 0.15) is 26.5 Å². The smallest absolute Gasteiger partial charge is 0.182 e. The summed E-state index contributed by atoms with van der Waals surface area (Å²) in [6.45, 7) is 0. The van der Waals surface area contributed by atoms with E-state index in [-0.39, 0.29) is 0 Å². The molecule has 0 saturated heterocycles. The Morgan fingerprint density at radius 2 is 1.65 bits per heavy atom. The molecule has 0 amide bonds. The number of furan rings is 1. The lowest BCUT2D eigenvalue weighted by atomic mass is 9.98. The fourth-order valence-corrected chi connectivity index (χ4v) is 2.25. The van der Waals surface area contributed by atoms with Crippen LogP contribution in [0.15, 0.2) is 53.2 Å². The van der Waals surface area contributed by atoms with Crippen molar-refractivity contribution in [2.24, 2.45) is 5.92 Å². The average molecular weight is 266 g/mol. The molecule has 0 bridgehead atoms. The van der Waals surface area contributed by atoms with Gasteiger partial charge in [0, 0.05) is 11.1 Å². The van der Waals surface area contributed by atoms with Crippen LogP contribution in [0.25, 0.3) is 6.08 Å². The van der Waals surface area contributed by atoms with Crippen LogP contribution in [0.5, 0.6) is 0 Å². The first-order chi connectivity index (χ1) is 9.68. The van der Waals surface area contributed by atoms with Crippen molar-refractivity contribution >= 4 is 23.4 Å². The second-order valence-corrected chi connectivity index (χ2v) is 4.46. The highest BCUT2D eigenvalue weighted by Gasteiger charge is 2.41. The zero-order chi connectivity index (χ0) is 14.1. The van der Waals surface area contributed by atoms with E-state index in [0.717, 1.165) is 0 Å². The third-order valence-electron chi connectivity index (χ3n) is 3.22. The maximum absolute atomic E-state index is 12.1. The van der Waals surface area contributed by atoms with Gasteiger partial charge in [-0.1, -0.05) is 24.3 Å². The van der Waals surface area contributed by atoms with E-state index in [4.69, 9.17) is 4.42 Å². The third-order valence-corrected chi connectivity index (χ3v) is 3.22. The van der Waals surface area contributed by atoms with Crippen LogP contribution in [0.3, 0.4) is 0 Å². The number of ketones is 3. The van der Waals surface area contributed by atoms with E-state index in [9.17, 15) is 14.4 Å². The molecule has 0 saturated carbocycles. The normalized spacial score (nSPS) is 15.0. The Bertz CT molecular complexity index is 688. The number of benzene rings is 1. The molecule has 0 N–H and O–H groups in total. The monoisotopic (exact) mass is 266 g/mol. The van der Waals surface area contributed by atoms with Gasteiger partial charge >= 0.3 is 0 Å². The van der Waals surface area contributed by atoms with Gasteiger partial charge in [0.1, 0.15) is 11.7 Å². The Morgan fingerprint density at radius 3 is 2.20 bits per heavy atom. The van der Waals surface area contributed by atoms with E-state index < -0.39 is 23.3 Å². The van der Waals surface area contributed by atoms with Crippen molar-refractivity contribution in [1.29, 1.82) is 0 Å². The van der Waals surface area contributed by atoms with Crippen LogP contribution in [0, 0.1) is 5.92 Å². The minimum absolute atomic E-state index is 0.322. The summed E-state index contributed by atoms with van der Waals surface area (Å²) in [7, 11) is 0. The largest absolute Gasteiger partial charge is 0.465 e. The Balaban J connectivity index is 1.87. The predicted octanol–water partition coefficient (Wildman–Crippen LogP) is 2.56. The Kier molecular flexibility index (Phi) is 2.91. The van der Waals surface area contributed by atoms with Gasteiger partial charge in [-0.25, -0.2) is 0 Å². The summed E-state index contributed by atoms with van der Waals surface area (Å²) in [5.74, 6) is -2.14. The number of carbonyl (C=O) groups is 3.